The van der Waals surface area contributed by atoms with Gasteiger partial charge in [-0.1, -0.05) is 24.2 Å². The molecule has 0 radical (unpaired) electrons. The van der Waals surface area contributed by atoms with Gasteiger partial charge in [0.05, 0.1) is 11.4 Å². The maximum Gasteiger partial charge on any atom is 0.271 e. The van der Waals surface area contributed by atoms with E-state index >= 15 is 0 Å². The van der Waals surface area contributed by atoms with Crippen LogP contribution in [-0.4, -0.2) is 61.0 Å². The summed E-state index contributed by atoms with van der Waals surface area (Å²) in [6, 6.07) is 7.04. The molecule has 0 aliphatic carbocycles. The zero-order chi connectivity index (χ0) is 19.8. The zero-order valence-corrected chi connectivity index (χ0v) is 17.1. The molecule has 3 rings (SSSR count). The Bertz CT molecular complexity index is 848. The van der Waals surface area contributed by atoms with E-state index in [0.29, 0.717) is 25.1 Å². The Balaban J connectivity index is 1.71. The Morgan fingerprint density at radius 1 is 1.33 bits per heavy atom. The van der Waals surface area contributed by atoms with Crippen molar-refractivity contribution < 1.29 is 18.0 Å². The van der Waals surface area contributed by atoms with Crippen LogP contribution in [0.3, 0.4) is 0 Å². The third-order valence-electron chi connectivity index (χ3n) is 5.43. The smallest absolute Gasteiger partial charge is 0.271 e. The first-order valence-corrected chi connectivity index (χ1v) is 10.7. The summed E-state index contributed by atoms with van der Waals surface area (Å²) in [5, 5.41) is 3.99. The minimum atomic E-state index is -3.59. The zero-order valence-electron chi connectivity index (χ0n) is 16.3. The molecule has 148 valence electrons. The van der Waals surface area contributed by atoms with Gasteiger partial charge in [-0.05, 0) is 38.0 Å². The summed E-state index contributed by atoms with van der Waals surface area (Å²) < 4.78 is 27.3. The van der Waals surface area contributed by atoms with Gasteiger partial charge in [0.25, 0.3) is 5.91 Å². The Hall–Kier alpha value is -1.93. The minimum Gasteiger partial charge on any atom is -0.387 e. The van der Waals surface area contributed by atoms with Crippen LogP contribution in [0.2, 0.25) is 0 Å². The predicted octanol–water partition coefficient (Wildman–Crippen LogP) is 2.03. The first-order valence-electron chi connectivity index (χ1n) is 9.30. The highest BCUT2D eigenvalue weighted by Crippen LogP contribution is 2.36. The van der Waals surface area contributed by atoms with Crippen LogP contribution in [0.5, 0.6) is 0 Å². The molecule has 1 amide bonds. The standard InChI is InChI=1S/C19H27N3O4S/c1-5-15-6-8-16(9-7-15)27(24,25)22-11-10-19(13-22)12-17(20-26-19)18(23)21(4)14(2)3/h6-9,14H,5,10-13H2,1-4H3. The van der Waals surface area contributed by atoms with Crippen LogP contribution in [0.25, 0.3) is 0 Å². The molecule has 2 heterocycles. The third-order valence-corrected chi connectivity index (χ3v) is 7.29. The number of benzene rings is 1. The topological polar surface area (TPSA) is 79.3 Å². The molecule has 0 aromatic heterocycles. The fraction of sp³-hybridized carbons (Fsp3) is 0.579. The molecular formula is C19H27N3O4S. The average molecular weight is 394 g/mol. The van der Waals surface area contributed by atoms with Gasteiger partial charge in [-0.25, -0.2) is 8.42 Å². The molecule has 7 nitrogen and oxygen atoms in total. The lowest BCUT2D eigenvalue weighted by Gasteiger charge is -2.23. The van der Waals surface area contributed by atoms with E-state index in [2.05, 4.69) is 5.16 Å². The number of carbonyl (C=O) groups is 1. The van der Waals surface area contributed by atoms with Crippen molar-refractivity contribution in [3.8, 4) is 0 Å². The fourth-order valence-electron chi connectivity index (χ4n) is 3.35. The van der Waals surface area contributed by atoms with Gasteiger partial charge in [0, 0.05) is 32.5 Å². The lowest BCUT2D eigenvalue weighted by Crippen LogP contribution is -2.40. The highest BCUT2D eigenvalue weighted by molar-refractivity contribution is 7.89. The molecule has 1 aromatic carbocycles. The van der Waals surface area contributed by atoms with E-state index in [-0.39, 0.29) is 23.4 Å². The van der Waals surface area contributed by atoms with E-state index in [1.165, 1.54) is 4.31 Å². The van der Waals surface area contributed by atoms with Crippen molar-refractivity contribution in [3.63, 3.8) is 0 Å². The van der Waals surface area contributed by atoms with Gasteiger partial charge in [-0.3, -0.25) is 4.79 Å². The van der Waals surface area contributed by atoms with E-state index in [0.717, 1.165) is 12.0 Å². The number of amides is 1. The second kappa shape index (κ2) is 7.24. The van der Waals surface area contributed by atoms with Gasteiger partial charge in [-0.2, -0.15) is 4.31 Å². The molecular weight excluding hydrogens is 366 g/mol. The Morgan fingerprint density at radius 2 is 2.00 bits per heavy atom. The second-order valence-corrected chi connectivity index (χ2v) is 9.52. The highest BCUT2D eigenvalue weighted by atomic mass is 32.2. The molecule has 1 unspecified atom stereocenters. The number of carbonyl (C=O) groups excluding carboxylic acids is 1. The lowest BCUT2D eigenvalue weighted by molar-refractivity contribution is -0.124. The van der Waals surface area contributed by atoms with E-state index in [4.69, 9.17) is 4.84 Å². The SMILES string of the molecule is CCc1ccc(S(=O)(=O)N2CCC3(CC(C(=O)N(C)C(C)C)=NO3)C2)cc1. The summed E-state index contributed by atoms with van der Waals surface area (Å²) in [7, 11) is -1.86. The van der Waals surface area contributed by atoms with Gasteiger partial charge in [0.1, 0.15) is 5.71 Å². The predicted molar refractivity (Wildman–Crippen MR) is 103 cm³/mol. The highest BCUT2D eigenvalue weighted by Gasteiger charge is 2.50. The van der Waals surface area contributed by atoms with Crippen molar-refractivity contribution in [3.05, 3.63) is 29.8 Å². The molecule has 1 spiro atoms. The average Bonchev–Trinajstić information content (AvgIpc) is 3.28. The monoisotopic (exact) mass is 393 g/mol. The van der Waals surface area contributed by atoms with Gasteiger partial charge >= 0.3 is 0 Å². The van der Waals surface area contributed by atoms with Crippen molar-refractivity contribution in [1.82, 2.24) is 9.21 Å². The lowest BCUT2D eigenvalue weighted by atomic mass is 9.96. The van der Waals surface area contributed by atoms with Crippen molar-refractivity contribution in [2.24, 2.45) is 5.16 Å². The Morgan fingerprint density at radius 3 is 2.59 bits per heavy atom. The summed E-state index contributed by atoms with van der Waals surface area (Å²) in [6.45, 7) is 6.45. The molecule has 27 heavy (non-hydrogen) atoms. The number of rotatable bonds is 5. The van der Waals surface area contributed by atoms with Gasteiger partial charge in [0.2, 0.25) is 10.0 Å². The molecule has 0 N–H and O–H groups in total. The molecule has 1 fully saturated rings. The van der Waals surface area contributed by atoms with Crippen LogP contribution in [-0.2, 0) is 26.1 Å². The van der Waals surface area contributed by atoms with Gasteiger partial charge in [0.15, 0.2) is 5.60 Å². The number of nitrogens with zero attached hydrogens (tertiary/aromatic N) is 3. The van der Waals surface area contributed by atoms with Crippen LogP contribution in [0, 0.1) is 0 Å². The molecule has 2 aliphatic rings. The summed E-state index contributed by atoms with van der Waals surface area (Å²) in [4.78, 5) is 20.0. The Labute approximate surface area is 161 Å². The van der Waals surface area contributed by atoms with Crippen LogP contribution in [0.4, 0.5) is 0 Å². The molecule has 1 aromatic rings. The van der Waals surface area contributed by atoms with E-state index < -0.39 is 15.6 Å². The van der Waals surface area contributed by atoms with E-state index in [9.17, 15) is 13.2 Å². The van der Waals surface area contributed by atoms with Crippen LogP contribution >= 0.6 is 0 Å². The third kappa shape index (κ3) is 3.73. The first kappa shape index (κ1) is 19.8. The van der Waals surface area contributed by atoms with Crippen LogP contribution in [0.15, 0.2) is 34.3 Å². The molecule has 2 aliphatic heterocycles. The largest absolute Gasteiger partial charge is 0.387 e. The van der Waals surface area contributed by atoms with Crippen LogP contribution < -0.4 is 0 Å². The fourth-order valence-corrected chi connectivity index (χ4v) is 4.87. The summed E-state index contributed by atoms with van der Waals surface area (Å²) in [6.07, 6.45) is 1.72. The number of sulfonamides is 1. The normalized spacial score (nSPS) is 22.9. The second-order valence-electron chi connectivity index (χ2n) is 7.58. The number of hydrogen-bond acceptors (Lipinski definition) is 5. The molecule has 0 saturated carbocycles. The summed E-state index contributed by atoms with van der Waals surface area (Å²) in [5.41, 5.74) is 0.716. The summed E-state index contributed by atoms with van der Waals surface area (Å²) in [5.74, 6) is -0.168. The maximum absolute atomic E-state index is 12.9. The molecule has 0 bridgehead atoms. The Kier molecular flexibility index (Phi) is 5.31. The minimum absolute atomic E-state index is 0.0586. The van der Waals surface area contributed by atoms with Crippen molar-refractivity contribution >= 4 is 21.6 Å². The first-order chi connectivity index (χ1) is 12.7. The number of hydrogen-bond donors (Lipinski definition) is 0. The molecule has 8 heteroatoms. The van der Waals surface area contributed by atoms with Crippen molar-refractivity contribution in [1.29, 1.82) is 0 Å². The summed E-state index contributed by atoms with van der Waals surface area (Å²) >= 11 is 0. The van der Waals surface area contributed by atoms with Crippen molar-refractivity contribution in [2.75, 3.05) is 20.1 Å². The molecule has 1 atom stereocenters. The maximum atomic E-state index is 12.9. The van der Waals surface area contributed by atoms with E-state index in [1.807, 2.05) is 32.9 Å². The van der Waals surface area contributed by atoms with Crippen LogP contribution in [0.1, 0.15) is 39.2 Å². The molecule has 1 saturated heterocycles. The number of aryl methyl sites for hydroxylation is 1. The van der Waals surface area contributed by atoms with E-state index in [1.54, 1.807) is 24.1 Å². The van der Waals surface area contributed by atoms with Crippen molar-refractivity contribution in [2.45, 2.75) is 56.6 Å². The van der Waals surface area contributed by atoms with Gasteiger partial charge < -0.3 is 9.74 Å². The quantitative estimate of drug-likeness (QED) is 0.767. The number of oxime groups is 1. The van der Waals surface area contributed by atoms with Gasteiger partial charge in [-0.15, -0.1) is 0 Å².